The van der Waals surface area contributed by atoms with Gasteiger partial charge in [0.05, 0.1) is 0 Å². The molecule has 2 aromatic carbocycles. The molecule has 400 valence electrons. The number of aromatic hydroxyl groups is 2. The number of unbranched alkanes of at least 4 members (excludes halogenated alkanes) is 28. The quantitative estimate of drug-likeness (QED) is 0.0646. The number of hydrogen-bond donors (Lipinski definition) is 2. The summed E-state index contributed by atoms with van der Waals surface area (Å²) in [5, 5.41) is 20.3. The predicted molar refractivity (Wildman–Crippen MR) is 323 cm³/mol. The van der Waals surface area contributed by atoms with Gasteiger partial charge in [-0.2, -0.15) is 47.0 Å². The molecule has 0 radical (unpaired) electrons. The summed E-state index contributed by atoms with van der Waals surface area (Å²) in [7, 11) is 0. The van der Waals surface area contributed by atoms with Crippen molar-refractivity contribution in [3.05, 3.63) is 57.6 Å². The van der Waals surface area contributed by atoms with Gasteiger partial charge in [0.15, 0.2) is 0 Å². The molecule has 0 saturated heterocycles. The standard InChI is InChI=1S/C23H40OS2.C19H32OS2.C12H26.C8H18/c1-4-6-7-8-9-10-11-12-13-14-15-26-18-21-16-20(3)23(24)22(17-21)19-25-5-2;1-4-6-7-8-9-10-11-22-14-17-12-16(3)19(20)18(13-17)15-21-5-2;1-3-5-7-9-11-12-10-8-6-4-2;1-3-5-7-8-6-4-2/h16-17,24H,4-15,18-19H2,1-3H3;12-13,20H,4-11,14-15H2,1-3H3;3-12H2,1-2H3;3-8H2,1-2H3. The number of aryl methyl sites for hydroxylation is 2. The van der Waals surface area contributed by atoms with E-state index in [-0.39, 0.29) is 0 Å². The van der Waals surface area contributed by atoms with Gasteiger partial charge in [0.2, 0.25) is 0 Å². The van der Waals surface area contributed by atoms with Crippen LogP contribution in [0.5, 0.6) is 11.5 Å². The molecule has 68 heavy (non-hydrogen) atoms. The van der Waals surface area contributed by atoms with Crippen molar-refractivity contribution >= 4 is 47.0 Å². The van der Waals surface area contributed by atoms with Crippen LogP contribution >= 0.6 is 47.0 Å². The molecule has 0 spiro atoms. The van der Waals surface area contributed by atoms with Gasteiger partial charge in [-0.05, 0) is 72.0 Å². The molecule has 0 bridgehead atoms. The summed E-state index contributed by atoms with van der Waals surface area (Å²) < 4.78 is 0. The Bertz CT molecular complexity index is 1300. The smallest absolute Gasteiger partial charge is 0.122 e. The minimum atomic E-state index is 0.491. The molecule has 0 aliphatic carbocycles. The topological polar surface area (TPSA) is 40.5 Å². The molecule has 0 amide bonds. The Morgan fingerprint density at radius 2 is 0.529 bits per heavy atom. The Kier molecular flexibility index (Phi) is 57.0. The maximum absolute atomic E-state index is 10.2. The maximum Gasteiger partial charge on any atom is 0.122 e. The number of hydrogen-bond acceptors (Lipinski definition) is 6. The van der Waals surface area contributed by atoms with Gasteiger partial charge < -0.3 is 10.2 Å². The van der Waals surface area contributed by atoms with Crippen LogP contribution in [-0.2, 0) is 23.0 Å². The molecule has 0 aromatic heterocycles. The van der Waals surface area contributed by atoms with Crippen molar-refractivity contribution in [2.45, 2.75) is 298 Å². The van der Waals surface area contributed by atoms with E-state index in [1.165, 1.54) is 228 Å². The molecule has 0 heterocycles. The Morgan fingerprint density at radius 3 is 0.765 bits per heavy atom. The van der Waals surface area contributed by atoms with Crippen LogP contribution in [0, 0.1) is 13.8 Å². The number of benzene rings is 2. The zero-order chi connectivity index (χ0) is 50.6. The fourth-order valence-corrected chi connectivity index (χ4v) is 11.3. The molecule has 6 heteroatoms. The van der Waals surface area contributed by atoms with Gasteiger partial charge in [0.25, 0.3) is 0 Å². The lowest BCUT2D eigenvalue weighted by Gasteiger charge is -2.10. The summed E-state index contributed by atoms with van der Waals surface area (Å²) in [5.74, 6) is 9.66. The first-order chi connectivity index (χ1) is 33.2. The monoisotopic (exact) mass is 1020 g/mol. The zero-order valence-corrected chi connectivity index (χ0v) is 50.4. The highest BCUT2D eigenvalue weighted by atomic mass is 32.2. The summed E-state index contributed by atoms with van der Waals surface area (Å²) in [6.07, 6.45) is 45.2. The van der Waals surface area contributed by atoms with Gasteiger partial charge in [0.1, 0.15) is 11.5 Å². The molecule has 0 atom stereocenters. The third kappa shape index (κ3) is 45.3. The first kappa shape index (κ1) is 69.5. The molecule has 0 aliphatic heterocycles. The number of rotatable bonds is 42. The van der Waals surface area contributed by atoms with Crippen molar-refractivity contribution in [1.29, 1.82) is 0 Å². The van der Waals surface area contributed by atoms with Gasteiger partial charge in [-0.25, -0.2) is 0 Å². The van der Waals surface area contributed by atoms with Gasteiger partial charge in [-0.1, -0.05) is 272 Å². The van der Waals surface area contributed by atoms with Gasteiger partial charge in [-0.15, -0.1) is 0 Å². The van der Waals surface area contributed by atoms with Crippen molar-refractivity contribution in [3.8, 4) is 11.5 Å². The van der Waals surface area contributed by atoms with E-state index in [1.54, 1.807) is 0 Å². The molecule has 0 fully saturated rings. The Morgan fingerprint density at radius 1 is 0.294 bits per heavy atom. The predicted octanol–water partition coefficient (Wildman–Crippen LogP) is 22.9. The van der Waals surface area contributed by atoms with Crippen LogP contribution in [-0.4, -0.2) is 33.2 Å². The third-order valence-electron chi connectivity index (χ3n) is 12.5. The van der Waals surface area contributed by atoms with Crippen molar-refractivity contribution in [2.24, 2.45) is 0 Å². The number of phenolic OH excluding ortho intramolecular Hbond substituents is 2. The van der Waals surface area contributed by atoms with Crippen LogP contribution in [0.4, 0.5) is 0 Å². The highest BCUT2D eigenvalue weighted by Gasteiger charge is 2.09. The van der Waals surface area contributed by atoms with E-state index >= 15 is 0 Å². The minimum absolute atomic E-state index is 0.491. The zero-order valence-electron chi connectivity index (χ0n) is 47.1. The second-order valence-corrected chi connectivity index (χ2v) is 24.2. The van der Waals surface area contributed by atoms with Crippen molar-refractivity contribution in [2.75, 3.05) is 23.0 Å². The summed E-state index contributed by atoms with van der Waals surface area (Å²) in [4.78, 5) is 0. The van der Waals surface area contributed by atoms with E-state index in [1.807, 2.05) is 60.9 Å². The molecule has 2 aromatic rings. The van der Waals surface area contributed by atoms with Crippen molar-refractivity contribution < 1.29 is 10.2 Å². The highest BCUT2D eigenvalue weighted by Crippen LogP contribution is 2.31. The second-order valence-electron chi connectivity index (χ2n) is 19.4. The normalized spacial score (nSPS) is 10.9. The minimum Gasteiger partial charge on any atom is -0.507 e. The first-order valence-corrected chi connectivity index (χ1v) is 33.8. The number of thioether (sulfide) groups is 4. The summed E-state index contributed by atoms with van der Waals surface area (Å²) >= 11 is 7.81. The maximum atomic E-state index is 10.2. The van der Waals surface area contributed by atoms with Crippen molar-refractivity contribution in [3.63, 3.8) is 0 Å². The third-order valence-corrected chi connectivity index (χ3v) is 16.6. The van der Waals surface area contributed by atoms with Crippen LogP contribution in [0.3, 0.4) is 0 Å². The molecule has 2 nitrogen and oxygen atoms in total. The van der Waals surface area contributed by atoms with Crippen molar-refractivity contribution in [1.82, 2.24) is 0 Å². The highest BCUT2D eigenvalue weighted by molar-refractivity contribution is 7.99. The van der Waals surface area contributed by atoms with E-state index < -0.39 is 0 Å². The average molecular weight is 1020 g/mol. The fourth-order valence-electron chi connectivity index (χ4n) is 8.15. The molecule has 2 N–H and O–H groups in total. The van der Waals surface area contributed by atoms with E-state index in [0.29, 0.717) is 11.5 Å². The van der Waals surface area contributed by atoms with E-state index in [4.69, 9.17) is 0 Å². The molecule has 2 rings (SSSR count). The lowest BCUT2D eigenvalue weighted by Crippen LogP contribution is -1.92. The van der Waals surface area contributed by atoms with Crippen LogP contribution in [0.25, 0.3) is 0 Å². The second kappa shape index (κ2) is 55.7. The lowest BCUT2D eigenvalue weighted by atomic mass is 10.1. The molecular formula is C62H116O2S4. The summed E-state index contributed by atoms with van der Waals surface area (Å²) in [5.41, 5.74) is 6.97. The van der Waals surface area contributed by atoms with Crippen LogP contribution in [0.1, 0.15) is 294 Å². The molecule has 0 saturated carbocycles. The summed E-state index contributed by atoms with van der Waals surface area (Å²) in [6, 6.07) is 8.69. The summed E-state index contributed by atoms with van der Waals surface area (Å²) in [6.45, 7) is 22.0. The van der Waals surface area contributed by atoms with E-state index in [0.717, 1.165) is 56.8 Å². The van der Waals surface area contributed by atoms with Crippen LogP contribution < -0.4 is 0 Å². The van der Waals surface area contributed by atoms with Crippen LogP contribution in [0.15, 0.2) is 24.3 Å². The first-order valence-electron chi connectivity index (χ1n) is 29.1. The van der Waals surface area contributed by atoms with Gasteiger partial charge >= 0.3 is 0 Å². The van der Waals surface area contributed by atoms with Crippen LogP contribution in [0.2, 0.25) is 0 Å². The molecule has 0 aliphatic rings. The average Bonchev–Trinajstić information content (AvgIpc) is 3.34. The Balaban J connectivity index is 0. The molecule has 0 unspecified atom stereocenters. The van der Waals surface area contributed by atoms with Gasteiger partial charge in [-0.3, -0.25) is 0 Å². The molecular weight excluding hydrogens is 905 g/mol. The number of phenols is 2. The Hall–Kier alpha value is -0.560. The Labute approximate surface area is 444 Å². The largest absolute Gasteiger partial charge is 0.507 e. The van der Waals surface area contributed by atoms with E-state index in [2.05, 4.69) is 79.7 Å². The SMILES string of the molecule is CCCCCCCC.CCCCCCCCCCCC.CCCCCCCCCCCCSCc1cc(C)c(O)c(CSCC)c1.CCCCCCCCSCc1cc(C)c(O)c(CSCC)c1. The fraction of sp³-hybridized carbons (Fsp3) is 0.806. The van der Waals surface area contributed by atoms with E-state index in [9.17, 15) is 10.2 Å². The van der Waals surface area contributed by atoms with Gasteiger partial charge in [0, 0.05) is 34.1 Å². The lowest BCUT2D eigenvalue weighted by molar-refractivity contribution is 0.466.